The van der Waals surface area contributed by atoms with Crippen LogP contribution >= 0.6 is 22.7 Å². The van der Waals surface area contributed by atoms with Crippen molar-refractivity contribution < 1.29 is 24.2 Å². The molecule has 1 N–H and O–H groups in total. The minimum absolute atomic E-state index is 0.0752. The van der Waals surface area contributed by atoms with Gasteiger partial charge in [0.15, 0.2) is 17.3 Å². The number of ketones is 1. The van der Waals surface area contributed by atoms with Crippen LogP contribution in [0.5, 0.6) is 11.5 Å². The van der Waals surface area contributed by atoms with Gasteiger partial charge in [0.1, 0.15) is 0 Å². The summed E-state index contributed by atoms with van der Waals surface area (Å²) in [5.74, 6) is -0.417. The molecule has 8 heteroatoms. The van der Waals surface area contributed by atoms with E-state index in [1.54, 1.807) is 35.7 Å². The molecule has 154 valence electrons. The lowest BCUT2D eigenvalue weighted by atomic mass is 9.95. The smallest absolute Gasteiger partial charge is 0.290 e. The second-order valence-electron chi connectivity index (χ2n) is 6.60. The van der Waals surface area contributed by atoms with Gasteiger partial charge in [0.25, 0.3) is 5.91 Å². The molecule has 4 rings (SSSR count). The van der Waals surface area contributed by atoms with Crippen LogP contribution in [0.4, 0.5) is 0 Å². The summed E-state index contributed by atoms with van der Waals surface area (Å²) in [5, 5.41) is 14.4. The van der Waals surface area contributed by atoms with Gasteiger partial charge in [0.05, 0.1) is 37.3 Å². The van der Waals surface area contributed by atoms with Crippen molar-refractivity contribution in [3.8, 4) is 11.5 Å². The van der Waals surface area contributed by atoms with E-state index in [2.05, 4.69) is 0 Å². The molecule has 1 aliphatic heterocycles. The Balaban J connectivity index is 1.83. The quantitative estimate of drug-likeness (QED) is 0.542. The lowest BCUT2D eigenvalue weighted by molar-refractivity contribution is -0.130. The molecule has 6 nitrogen and oxygen atoms in total. The number of carbonyl (C=O) groups is 2. The van der Waals surface area contributed by atoms with E-state index in [9.17, 15) is 14.7 Å². The molecule has 3 aromatic rings. The maximum atomic E-state index is 13.2. The Morgan fingerprint density at radius 1 is 1.07 bits per heavy atom. The Morgan fingerprint density at radius 3 is 2.43 bits per heavy atom. The Bertz CT molecular complexity index is 1100. The van der Waals surface area contributed by atoms with E-state index in [1.807, 2.05) is 17.5 Å². The van der Waals surface area contributed by atoms with Gasteiger partial charge in [0, 0.05) is 4.88 Å². The van der Waals surface area contributed by atoms with Gasteiger partial charge in [-0.05, 0) is 40.6 Å². The standard InChI is InChI=1S/C22H19NO5S2/c1-27-15-8-7-13(11-16(15)28-2)19-18(20(24)17-6-4-10-30-17)21(25)22(26)23(19)12-14-5-3-9-29-14/h3-11,19,25H,12H2,1-2H3. The highest BCUT2D eigenvalue weighted by Gasteiger charge is 2.44. The highest BCUT2D eigenvalue weighted by atomic mass is 32.1. The molecule has 0 bridgehead atoms. The summed E-state index contributed by atoms with van der Waals surface area (Å²) in [6.07, 6.45) is 0. The number of hydrogen-bond donors (Lipinski definition) is 1. The zero-order valence-electron chi connectivity index (χ0n) is 16.3. The van der Waals surface area contributed by atoms with Crippen LogP contribution in [0.1, 0.15) is 26.2 Å². The number of amides is 1. The highest BCUT2D eigenvalue weighted by Crippen LogP contribution is 2.42. The van der Waals surface area contributed by atoms with Gasteiger partial charge >= 0.3 is 0 Å². The van der Waals surface area contributed by atoms with Crippen molar-refractivity contribution in [3.05, 3.63) is 79.9 Å². The van der Waals surface area contributed by atoms with Crippen LogP contribution in [0.25, 0.3) is 0 Å². The van der Waals surface area contributed by atoms with Gasteiger partial charge in [0.2, 0.25) is 5.78 Å². The van der Waals surface area contributed by atoms with Gasteiger partial charge in [-0.1, -0.05) is 18.2 Å². The first-order valence-electron chi connectivity index (χ1n) is 9.11. The summed E-state index contributed by atoms with van der Waals surface area (Å²) in [6, 6.07) is 11.8. The fourth-order valence-corrected chi connectivity index (χ4v) is 4.91. The van der Waals surface area contributed by atoms with E-state index >= 15 is 0 Å². The third-order valence-corrected chi connectivity index (χ3v) is 6.65. The van der Waals surface area contributed by atoms with Crippen LogP contribution in [0.3, 0.4) is 0 Å². The largest absolute Gasteiger partial charge is 0.503 e. The van der Waals surface area contributed by atoms with E-state index in [1.165, 1.54) is 41.8 Å². The molecular formula is C22H19NO5S2. The average molecular weight is 442 g/mol. The lowest BCUT2D eigenvalue weighted by Crippen LogP contribution is -2.30. The van der Waals surface area contributed by atoms with Crippen LogP contribution in [0, 0.1) is 0 Å². The van der Waals surface area contributed by atoms with E-state index in [0.717, 1.165) is 4.88 Å². The predicted molar refractivity (Wildman–Crippen MR) is 115 cm³/mol. The van der Waals surface area contributed by atoms with Crippen LogP contribution < -0.4 is 9.47 Å². The molecule has 0 saturated heterocycles. The number of carbonyl (C=O) groups excluding carboxylic acids is 2. The summed E-state index contributed by atoms with van der Waals surface area (Å²) in [7, 11) is 3.06. The maximum Gasteiger partial charge on any atom is 0.290 e. The molecule has 0 radical (unpaired) electrons. The van der Waals surface area contributed by atoms with Crippen molar-refractivity contribution in [2.45, 2.75) is 12.6 Å². The second kappa shape index (κ2) is 8.33. The third kappa shape index (κ3) is 3.48. The zero-order valence-corrected chi connectivity index (χ0v) is 18.0. The average Bonchev–Trinajstić information content (AvgIpc) is 3.52. The van der Waals surface area contributed by atoms with E-state index in [0.29, 0.717) is 21.9 Å². The number of Topliss-reactive ketones (excluding diaryl/α,β-unsaturated/α-hetero) is 1. The number of methoxy groups -OCH3 is 2. The number of rotatable bonds is 7. The predicted octanol–water partition coefficient (Wildman–Crippen LogP) is 4.61. The maximum absolute atomic E-state index is 13.2. The SMILES string of the molecule is COc1ccc(C2C(C(=O)c3cccs3)=C(O)C(=O)N2Cc2cccs2)cc1OC. The molecule has 0 saturated carbocycles. The highest BCUT2D eigenvalue weighted by molar-refractivity contribution is 7.12. The number of aliphatic hydroxyl groups is 1. The topological polar surface area (TPSA) is 76.1 Å². The van der Waals surface area contributed by atoms with Crippen LogP contribution in [-0.4, -0.2) is 35.9 Å². The van der Waals surface area contributed by atoms with Gasteiger partial charge in [-0.25, -0.2) is 0 Å². The van der Waals surface area contributed by atoms with Gasteiger partial charge in [-0.3, -0.25) is 9.59 Å². The molecule has 2 aromatic heterocycles. The van der Waals surface area contributed by atoms with Crippen molar-refractivity contribution in [1.29, 1.82) is 0 Å². The fraction of sp³-hybridized carbons (Fsp3) is 0.182. The Labute approximate surface area is 181 Å². The number of aliphatic hydroxyl groups excluding tert-OH is 1. The normalized spacial score (nSPS) is 16.3. The molecule has 1 unspecified atom stereocenters. The van der Waals surface area contributed by atoms with E-state index in [4.69, 9.17) is 9.47 Å². The number of ether oxygens (including phenoxy) is 2. The molecule has 1 aliphatic rings. The molecule has 0 aliphatic carbocycles. The van der Waals surface area contributed by atoms with Crippen LogP contribution in [0.2, 0.25) is 0 Å². The van der Waals surface area contributed by atoms with Crippen molar-refractivity contribution in [2.24, 2.45) is 0 Å². The van der Waals surface area contributed by atoms with E-state index in [-0.39, 0.29) is 17.9 Å². The van der Waals surface area contributed by atoms with Crippen LogP contribution in [-0.2, 0) is 11.3 Å². The molecule has 3 heterocycles. The summed E-state index contributed by atoms with van der Waals surface area (Å²) in [5.41, 5.74) is 0.729. The number of nitrogens with zero attached hydrogens (tertiary/aromatic N) is 1. The molecule has 1 atom stereocenters. The molecule has 0 fully saturated rings. The molecule has 1 aromatic carbocycles. The minimum atomic E-state index is -0.742. The van der Waals surface area contributed by atoms with E-state index < -0.39 is 17.7 Å². The Hall–Kier alpha value is -3.10. The van der Waals surface area contributed by atoms with Crippen molar-refractivity contribution >= 4 is 34.4 Å². The number of benzene rings is 1. The molecular weight excluding hydrogens is 422 g/mol. The monoisotopic (exact) mass is 441 g/mol. The summed E-state index contributed by atoms with van der Waals surface area (Å²) < 4.78 is 10.7. The fourth-order valence-electron chi connectivity index (χ4n) is 3.53. The first-order chi connectivity index (χ1) is 14.5. The van der Waals surface area contributed by atoms with Gasteiger partial charge < -0.3 is 19.5 Å². The van der Waals surface area contributed by atoms with Crippen molar-refractivity contribution in [2.75, 3.05) is 14.2 Å². The Morgan fingerprint density at radius 2 is 1.80 bits per heavy atom. The van der Waals surface area contributed by atoms with Gasteiger partial charge in [-0.15, -0.1) is 22.7 Å². The molecule has 30 heavy (non-hydrogen) atoms. The summed E-state index contributed by atoms with van der Waals surface area (Å²) in [6.45, 7) is 0.279. The third-order valence-electron chi connectivity index (χ3n) is 4.92. The number of hydrogen-bond acceptors (Lipinski definition) is 7. The minimum Gasteiger partial charge on any atom is -0.503 e. The van der Waals surface area contributed by atoms with Crippen LogP contribution in [0.15, 0.2) is 64.6 Å². The Kier molecular flexibility index (Phi) is 5.61. The number of thiophene rings is 2. The van der Waals surface area contributed by atoms with Crippen molar-refractivity contribution in [1.82, 2.24) is 4.90 Å². The zero-order chi connectivity index (χ0) is 21.3. The first kappa shape index (κ1) is 20.2. The second-order valence-corrected chi connectivity index (χ2v) is 8.58. The summed E-state index contributed by atoms with van der Waals surface area (Å²) >= 11 is 2.78. The molecule has 0 spiro atoms. The summed E-state index contributed by atoms with van der Waals surface area (Å²) in [4.78, 5) is 29.2. The first-order valence-corrected chi connectivity index (χ1v) is 10.9. The van der Waals surface area contributed by atoms with Crippen molar-refractivity contribution in [3.63, 3.8) is 0 Å². The molecule has 1 amide bonds. The lowest BCUT2D eigenvalue weighted by Gasteiger charge is -2.27. The van der Waals surface area contributed by atoms with Gasteiger partial charge in [-0.2, -0.15) is 0 Å².